The van der Waals surface area contributed by atoms with E-state index in [9.17, 15) is 62.7 Å². The molecule has 56 heavy (non-hydrogen) atoms. The van der Waals surface area contributed by atoms with Crippen LogP contribution < -0.4 is 16.4 Å². The summed E-state index contributed by atoms with van der Waals surface area (Å²) in [5.74, 6) is -3.23. The second-order valence-corrected chi connectivity index (χ2v) is 18.1. The summed E-state index contributed by atoms with van der Waals surface area (Å²) in [5, 5.41) is 34.6. The minimum absolute atomic E-state index is 0.0195. The standard InChI is InChI=1S/C26H42N7O19P3S/c1-13(8-16(35)36)25(40)56-7-6-28-15(34)4-5-29-23(39)20(38)26(2,3)10-49-55(46,47)52-54(44,45)48-9-14-19(51-53(41,42)43)18(37)24(50-14)33-12-32-17-21(27)30-11-31-22(17)33/h11-14,18-20,24,37-38H,4-10H2,1-3H3,(H,28,34)(H,29,39)(H,35,36)(H,44,45)(H,46,47)(H2,27,30,31)(H2,41,42,43)/t13?,14-,18-,19-,20+,24+/m1/s1. The van der Waals surface area contributed by atoms with Gasteiger partial charge in [0.2, 0.25) is 11.8 Å². The first kappa shape index (κ1) is 47.4. The van der Waals surface area contributed by atoms with E-state index in [4.69, 9.17) is 24.6 Å². The van der Waals surface area contributed by atoms with Crippen LogP contribution in [0.1, 0.15) is 39.8 Å². The molecule has 0 aromatic carbocycles. The molecule has 0 bridgehead atoms. The number of aliphatic hydroxyl groups excluding tert-OH is 2. The highest BCUT2D eigenvalue weighted by atomic mass is 32.2. The van der Waals surface area contributed by atoms with Crippen molar-refractivity contribution in [2.24, 2.45) is 11.3 Å². The minimum Gasteiger partial charge on any atom is -0.481 e. The van der Waals surface area contributed by atoms with Gasteiger partial charge in [0, 0.05) is 36.6 Å². The lowest BCUT2D eigenvalue weighted by atomic mass is 9.87. The highest BCUT2D eigenvalue weighted by Gasteiger charge is 2.50. The Kier molecular flexibility index (Phi) is 16.6. The van der Waals surface area contributed by atoms with Gasteiger partial charge in [0.1, 0.15) is 36.3 Å². The van der Waals surface area contributed by atoms with Gasteiger partial charge in [0.25, 0.3) is 0 Å². The molecule has 1 fully saturated rings. The van der Waals surface area contributed by atoms with Crippen LogP contribution in [0.5, 0.6) is 0 Å². The number of ether oxygens (including phenoxy) is 1. The number of aromatic nitrogens is 4. The van der Waals surface area contributed by atoms with Crippen LogP contribution in [0.4, 0.5) is 5.82 Å². The second kappa shape index (κ2) is 19.7. The van der Waals surface area contributed by atoms with Crippen molar-refractivity contribution in [1.82, 2.24) is 30.2 Å². The molecule has 30 heteroatoms. The number of nitrogens with one attached hydrogen (secondary N) is 2. The number of rotatable bonds is 22. The van der Waals surface area contributed by atoms with E-state index >= 15 is 0 Å². The number of carbonyl (C=O) groups excluding carboxylic acids is 3. The molecular formula is C26H42N7O19P3S. The van der Waals surface area contributed by atoms with Crippen LogP contribution in [0.3, 0.4) is 0 Å². The number of imidazole rings is 1. The number of amides is 2. The SMILES string of the molecule is CC(CC(=O)O)C(=O)SCCNC(=O)CCNC(=O)[C@H](O)C(C)(C)COP(=O)(O)OP(=O)(O)OC[C@H]1O[C@H](n2cnc3c(N)ncnc32)[C@H](O)[C@@H]1OP(=O)(O)O. The van der Waals surface area contributed by atoms with Gasteiger partial charge in [-0.2, -0.15) is 4.31 Å². The molecule has 2 aromatic rings. The zero-order valence-electron chi connectivity index (χ0n) is 29.7. The Morgan fingerprint density at radius 2 is 1.71 bits per heavy atom. The summed E-state index contributed by atoms with van der Waals surface area (Å²) in [6.07, 6.45) is -7.42. The Morgan fingerprint density at radius 3 is 2.36 bits per heavy atom. The largest absolute Gasteiger partial charge is 0.481 e. The average Bonchev–Trinajstić information content (AvgIpc) is 3.64. The van der Waals surface area contributed by atoms with Crippen molar-refractivity contribution < 1.29 is 90.4 Å². The van der Waals surface area contributed by atoms with E-state index in [0.29, 0.717) is 0 Å². The molecule has 1 aliphatic heterocycles. The number of hydrogen-bond donors (Lipinski definition) is 10. The summed E-state index contributed by atoms with van der Waals surface area (Å²) in [4.78, 5) is 98.0. The molecule has 11 N–H and O–H groups in total. The predicted octanol–water partition coefficient (Wildman–Crippen LogP) is -1.22. The smallest absolute Gasteiger partial charge is 0.481 e. The highest BCUT2D eigenvalue weighted by Crippen LogP contribution is 2.61. The average molecular weight is 882 g/mol. The lowest BCUT2D eigenvalue weighted by Gasteiger charge is -2.30. The van der Waals surface area contributed by atoms with Crippen LogP contribution in [0.2, 0.25) is 0 Å². The van der Waals surface area contributed by atoms with Crippen LogP contribution in [0, 0.1) is 11.3 Å². The normalized spacial score (nSPS) is 22.2. The minimum atomic E-state index is -5.59. The number of carboxylic acid groups (broad SMARTS) is 1. The lowest BCUT2D eigenvalue weighted by molar-refractivity contribution is -0.139. The highest BCUT2D eigenvalue weighted by molar-refractivity contribution is 8.13. The fourth-order valence-electron chi connectivity index (χ4n) is 4.77. The number of anilines is 1. The van der Waals surface area contributed by atoms with E-state index < -0.39 is 96.4 Å². The van der Waals surface area contributed by atoms with Gasteiger partial charge >= 0.3 is 29.4 Å². The van der Waals surface area contributed by atoms with Gasteiger partial charge in [0.05, 0.1) is 26.0 Å². The molecular weight excluding hydrogens is 839 g/mol. The molecule has 1 saturated heterocycles. The number of nitrogen functional groups attached to an aromatic ring is 1. The zero-order valence-corrected chi connectivity index (χ0v) is 33.2. The number of phosphoric ester groups is 3. The van der Waals surface area contributed by atoms with Crippen molar-refractivity contribution in [2.75, 3.05) is 37.8 Å². The topological polar surface area (TPSA) is 401 Å². The Morgan fingerprint density at radius 1 is 1.05 bits per heavy atom. The number of aliphatic hydroxyl groups is 2. The van der Waals surface area contributed by atoms with Crippen molar-refractivity contribution in [2.45, 2.75) is 64.3 Å². The Hall–Kier alpha value is -2.97. The summed E-state index contributed by atoms with van der Waals surface area (Å²) in [7, 11) is -16.4. The van der Waals surface area contributed by atoms with Gasteiger partial charge in [-0.1, -0.05) is 32.5 Å². The molecule has 316 valence electrons. The van der Waals surface area contributed by atoms with Crippen molar-refractivity contribution in [3.05, 3.63) is 12.7 Å². The zero-order chi connectivity index (χ0) is 42.2. The van der Waals surface area contributed by atoms with Crippen LogP contribution >= 0.6 is 35.2 Å². The second-order valence-electron chi connectivity index (χ2n) is 12.7. The van der Waals surface area contributed by atoms with Crippen molar-refractivity contribution >= 4 is 75.1 Å². The number of thioether (sulfide) groups is 1. The molecule has 0 saturated carbocycles. The van der Waals surface area contributed by atoms with E-state index in [0.717, 1.165) is 29.0 Å². The number of carbonyl (C=O) groups is 4. The molecule has 26 nitrogen and oxygen atoms in total. The maximum Gasteiger partial charge on any atom is 0.481 e. The van der Waals surface area contributed by atoms with Gasteiger partial charge < -0.3 is 56.0 Å². The number of phosphoric acid groups is 3. The Balaban J connectivity index is 1.49. The van der Waals surface area contributed by atoms with Gasteiger partial charge in [-0.15, -0.1) is 0 Å². The third-order valence-corrected chi connectivity index (χ3v) is 11.8. The molecule has 0 aliphatic carbocycles. The molecule has 3 heterocycles. The summed E-state index contributed by atoms with van der Waals surface area (Å²) in [6, 6.07) is 0. The fourth-order valence-corrected chi connectivity index (χ4v) is 8.37. The molecule has 3 rings (SSSR count). The van der Waals surface area contributed by atoms with Crippen LogP contribution in [-0.4, -0.2) is 134 Å². The monoisotopic (exact) mass is 881 g/mol. The quantitative estimate of drug-likeness (QED) is 0.0489. The van der Waals surface area contributed by atoms with Gasteiger partial charge in [-0.3, -0.25) is 37.3 Å². The number of nitrogens with two attached hydrogens (primary N) is 1. The summed E-state index contributed by atoms with van der Waals surface area (Å²) >= 11 is 0.857. The number of fused-ring (bicyclic) bond motifs is 1. The molecule has 3 unspecified atom stereocenters. The molecule has 1 aliphatic rings. The first-order chi connectivity index (χ1) is 25.8. The number of carboxylic acids is 1. The lowest BCUT2D eigenvalue weighted by Crippen LogP contribution is -2.46. The summed E-state index contributed by atoms with van der Waals surface area (Å²) < 4.78 is 61.9. The molecule has 0 radical (unpaired) electrons. The Bertz CT molecular complexity index is 1880. The van der Waals surface area contributed by atoms with Crippen molar-refractivity contribution in [3.63, 3.8) is 0 Å². The van der Waals surface area contributed by atoms with E-state index in [2.05, 4.69) is 34.4 Å². The van der Waals surface area contributed by atoms with Gasteiger partial charge in [-0.25, -0.2) is 28.6 Å². The third kappa shape index (κ3) is 14.1. The van der Waals surface area contributed by atoms with E-state index in [1.54, 1.807) is 0 Å². The maximum absolute atomic E-state index is 12.7. The van der Waals surface area contributed by atoms with Crippen molar-refractivity contribution in [1.29, 1.82) is 0 Å². The van der Waals surface area contributed by atoms with Crippen LogP contribution in [-0.2, 0) is 55.5 Å². The fraction of sp³-hybridized carbons (Fsp3) is 0.654. The molecule has 8 atom stereocenters. The number of nitrogens with zero attached hydrogens (tertiary/aromatic N) is 4. The predicted molar refractivity (Wildman–Crippen MR) is 189 cm³/mol. The first-order valence-electron chi connectivity index (χ1n) is 16.1. The first-order valence-corrected chi connectivity index (χ1v) is 21.6. The van der Waals surface area contributed by atoms with Crippen LogP contribution in [0.25, 0.3) is 11.2 Å². The third-order valence-electron chi connectivity index (χ3n) is 7.63. The van der Waals surface area contributed by atoms with Gasteiger partial charge in [0.15, 0.2) is 22.8 Å². The number of hydrogen-bond acceptors (Lipinski definition) is 19. The Labute approximate surface area is 321 Å². The van der Waals surface area contributed by atoms with E-state index in [-0.39, 0.29) is 53.8 Å². The van der Waals surface area contributed by atoms with Crippen LogP contribution in [0.15, 0.2) is 12.7 Å². The number of aliphatic carboxylic acids is 1. The molecule has 2 amide bonds. The van der Waals surface area contributed by atoms with E-state index in [1.165, 1.54) is 20.8 Å². The molecule has 2 aromatic heterocycles. The summed E-state index contributed by atoms with van der Waals surface area (Å²) in [6.45, 7) is 1.67. The van der Waals surface area contributed by atoms with E-state index in [1.807, 2.05) is 0 Å². The summed E-state index contributed by atoms with van der Waals surface area (Å²) in [5.41, 5.74) is 4.20. The van der Waals surface area contributed by atoms with Gasteiger partial charge in [-0.05, 0) is 0 Å². The van der Waals surface area contributed by atoms with Crippen molar-refractivity contribution in [3.8, 4) is 0 Å². The maximum atomic E-state index is 12.7. The molecule has 0 spiro atoms.